The topological polar surface area (TPSA) is 75.1 Å². The van der Waals surface area contributed by atoms with Gasteiger partial charge in [0.15, 0.2) is 0 Å². The average Bonchev–Trinajstić information content (AvgIpc) is 2.24. The largest absolute Gasteiger partial charge is 0.388 e. The number of hydrogen-bond acceptors (Lipinski definition) is 4. The number of amides is 1. The van der Waals surface area contributed by atoms with Crippen molar-refractivity contribution in [2.45, 2.75) is 39.2 Å². The number of nitrogens with one attached hydrogen (secondary N) is 1. The van der Waals surface area contributed by atoms with E-state index in [1.54, 1.807) is 19.9 Å². The summed E-state index contributed by atoms with van der Waals surface area (Å²) < 4.78 is 0. The fourth-order valence-corrected chi connectivity index (χ4v) is 1.86. The van der Waals surface area contributed by atoms with Gasteiger partial charge in [-0.15, -0.1) is 0 Å². The highest BCUT2D eigenvalue weighted by Crippen LogP contribution is 2.11. The van der Waals surface area contributed by atoms with Crippen LogP contribution in [0.4, 0.5) is 0 Å². The molecule has 100 valence electrons. The van der Waals surface area contributed by atoms with Crippen LogP contribution in [-0.4, -0.2) is 33.1 Å². The maximum atomic E-state index is 11.8. The Balaban J connectivity index is 2.66. The SMILES string of the molecule is CCCC(C)(O)CNC(=O)c1cc(C)nc(Cl)n1. The molecule has 0 aliphatic rings. The predicted molar refractivity (Wildman–Crippen MR) is 69.6 cm³/mol. The lowest BCUT2D eigenvalue weighted by molar-refractivity contribution is 0.0468. The second-order valence-corrected chi connectivity index (χ2v) is 4.93. The third-order valence-electron chi connectivity index (χ3n) is 2.48. The van der Waals surface area contributed by atoms with Crippen LogP contribution in [0.2, 0.25) is 5.28 Å². The molecule has 1 atom stereocenters. The third-order valence-corrected chi connectivity index (χ3v) is 2.65. The first-order chi connectivity index (χ1) is 8.34. The van der Waals surface area contributed by atoms with E-state index in [2.05, 4.69) is 15.3 Å². The lowest BCUT2D eigenvalue weighted by Crippen LogP contribution is -2.40. The van der Waals surface area contributed by atoms with Gasteiger partial charge in [-0.2, -0.15) is 0 Å². The van der Waals surface area contributed by atoms with E-state index in [9.17, 15) is 9.90 Å². The molecule has 1 rings (SSSR count). The van der Waals surface area contributed by atoms with E-state index in [4.69, 9.17) is 11.6 Å². The van der Waals surface area contributed by atoms with Crippen LogP contribution in [0, 0.1) is 6.92 Å². The van der Waals surface area contributed by atoms with Crippen LogP contribution in [0.3, 0.4) is 0 Å². The van der Waals surface area contributed by atoms with Gasteiger partial charge in [0.25, 0.3) is 5.91 Å². The van der Waals surface area contributed by atoms with Crippen molar-refractivity contribution < 1.29 is 9.90 Å². The minimum absolute atomic E-state index is 0.0421. The zero-order valence-electron chi connectivity index (χ0n) is 10.8. The number of aliphatic hydroxyl groups is 1. The number of carbonyl (C=O) groups is 1. The highest BCUT2D eigenvalue weighted by atomic mass is 35.5. The molecule has 0 saturated heterocycles. The Bertz CT molecular complexity index is 415. The molecule has 1 unspecified atom stereocenters. The van der Waals surface area contributed by atoms with Crippen LogP contribution in [-0.2, 0) is 0 Å². The van der Waals surface area contributed by atoms with Crippen LogP contribution in [0.25, 0.3) is 0 Å². The molecule has 1 aromatic rings. The lowest BCUT2D eigenvalue weighted by Gasteiger charge is -2.22. The van der Waals surface area contributed by atoms with Crippen molar-refractivity contribution in [3.8, 4) is 0 Å². The van der Waals surface area contributed by atoms with Gasteiger partial charge in [-0.1, -0.05) is 13.3 Å². The summed E-state index contributed by atoms with van der Waals surface area (Å²) in [4.78, 5) is 19.6. The minimum Gasteiger partial charge on any atom is -0.388 e. The maximum absolute atomic E-state index is 11.8. The Morgan fingerprint density at radius 3 is 2.78 bits per heavy atom. The summed E-state index contributed by atoms with van der Waals surface area (Å²) in [6.07, 6.45) is 1.47. The van der Waals surface area contributed by atoms with Gasteiger partial charge in [-0.05, 0) is 37.9 Å². The fraction of sp³-hybridized carbons (Fsp3) is 0.583. The second kappa shape index (κ2) is 6.11. The van der Waals surface area contributed by atoms with Gasteiger partial charge in [0.1, 0.15) is 5.69 Å². The molecule has 5 nitrogen and oxygen atoms in total. The number of carbonyl (C=O) groups excluding carboxylic acids is 1. The molecule has 1 amide bonds. The molecule has 6 heteroatoms. The molecule has 2 N–H and O–H groups in total. The zero-order valence-corrected chi connectivity index (χ0v) is 11.6. The number of rotatable bonds is 5. The molecule has 1 heterocycles. The highest BCUT2D eigenvalue weighted by molar-refractivity contribution is 6.28. The van der Waals surface area contributed by atoms with Crippen LogP contribution in [0.5, 0.6) is 0 Å². The fourth-order valence-electron chi connectivity index (χ4n) is 1.64. The van der Waals surface area contributed by atoms with Crippen molar-refractivity contribution in [1.82, 2.24) is 15.3 Å². The quantitative estimate of drug-likeness (QED) is 0.800. The summed E-state index contributed by atoms with van der Waals surface area (Å²) in [5.41, 5.74) is -0.0729. The van der Waals surface area contributed by atoms with Gasteiger partial charge in [-0.25, -0.2) is 9.97 Å². The van der Waals surface area contributed by atoms with Gasteiger partial charge < -0.3 is 10.4 Å². The van der Waals surface area contributed by atoms with Gasteiger partial charge in [0.05, 0.1) is 5.60 Å². The van der Waals surface area contributed by atoms with Gasteiger partial charge in [-0.3, -0.25) is 4.79 Å². The van der Waals surface area contributed by atoms with Crippen LogP contribution in [0.1, 0.15) is 42.9 Å². The molecule has 0 spiro atoms. The van der Waals surface area contributed by atoms with Crippen LogP contribution in [0.15, 0.2) is 6.07 Å². The zero-order chi connectivity index (χ0) is 13.8. The Morgan fingerprint density at radius 1 is 1.56 bits per heavy atom. The summed E-state index contributed by atoms with van der Waals surface area (Å²) in [6, 6.07) is 1.55. The molecule has 0 fully saturated rings. The standard InChI is InChI=1S/C12H18ClN3O2/c1-4-5-12(3,18)7-14-10(17)9-6-8(2)15-11(13)16-9/h6,18H,4-5,7H2,1-3H3,(H,14,17). The normalized spacial score (nSPS) is 14.1. The van der Waals surface area contributed by atoms with E-state index in [-0.39, 0.29) is 23.4 Å². The monoisotopic (exact) mass is 271 g/mol. The van der Waals surface area contributed by atoms with Crippen molar-refractivity contribution in [3.05, 3.63) is 22.7 Å². The van der Waals surface area contributed by atoms with E-state index in [1.807, 2.05) is 6.92 Å². The molecule has 0 aliphatic heterocycles. The van der Waals surface area contributed by atoms with Crippen LogP contribution >= 0.6 is 11.6 Å². The molecule has 0 bridgehead atoms. The average molecular weight is 272 g/mol. The first kappa shape index (κ1) is 14.9. The summed E-state index contributed by atoms with van der Waals surface area (Å²) in [6.45, 7) is 5.58. The summed E-state index contributed by atoms with van der Waals surface area (Å²) in [7, 11) is 0. The van der Waals surface area contributed by atoms with Crippen molar-refractivity contribution in [3.63, 3.8) is 0 Å². The Hall–Kier alpha value is -1.20. The number of aryl methyl sites for hydroxylation is 1. The van der Waals surface area contributed by atoms with E-state index >= 15 is 0 Å². The minimum atomic E-state index is -0.906. The number of halogens is 1. The van der Waals surface area contributed by atoms with E-state index in [0.29, 0.717) is 12.1 Å². The van der Waals surface area contributed by atoms with Gasteiger partial charge in [0.2, 0.25) is 5.28 Å². The van der Waals surface area contributed by atoms with E-state index in [1.165, 1.54) is 0 Å². The first-order valence-electron chi connectivity index (χ1n) is 5.86. The summed E-state index contributed by atoms with van der Waals surface area (Å²) >= 11 is 5.68. The molecule has 18 heavy (non-hydrogen) atoms. The summed E-state index contributed by atoms with van der Waals surface area (Å²) in [5.74, 6) is -0.362. The molecular formula is C12H18ClN3O2. The number of nitrogens with zero attached hydrogens (tertiary/aromatic N) is 2. The van der Waals surface area contributed by atoms with E-state index in [0.717, 1.165) is 6.42 Å². The lowest BCUT2D eigenvalue weighted by atomic mass is 10.0. The molecule has 0 aliphatic carbocycles. The van der Waals surface area contributed by atoms with E-state index < -0.39 is 5.60 Å². The maximum Gasteiger partial charge on any atom is 0.270 e. The Kier molecular flexibility index (Phi) is 5.04. The van der Waals surface area contributed by atoms with Crippen molar-refractivity contribution in [2.75, 3.05) is 6.54 Å². The summed E-state index contributed by atoms with van der Waals surface area (Å²) in [5, 5.41) is 12.6. The second-order valence-electron chi connectivity index (χ2n) is 4.59. The van der Waals surface area contributed by atoms with Crippen LogP contribution < -0.4 is 5.32 Å². The third kappa shape index (κ3) is 4.58. The first-order valence-corrected chi connectivity index (χ1v) is 6.23. The van der Waals surface area contributed by atoms with Gasteiger partial charge >= 0.3 is 0 Å². The van der Waals surface area contributed by atoms with Crippen molar-refractivity contribution in [1.29, 1.82) is 0 Å². The van der Waals surface area contributed by atoms with Gasteiger partial charge in [0, 0.05) is 12.2 Å². The molecule has 0 saturated carbocycles. The Labute approximate surface area is 112 Å². The smallest absolute Gasteiger partial charge is 0.270 e. The molecule has 0 aromatic carbocycles. The highest BCUT2D eigenvalue weighted by Gasteiger charge is 2.20. The number of hydrogen-bond donors (Lipinski definition) is 2. The van der Waals surface area contributed by atoms with Crippen molar-refractivity contribution >= 4 is 17.5 Å². The Morgan fingerprint density at radius 2 is 2.22 bits per heavy atom. The molecular weight excluding hydrogens is 254 g/mol. The molecule has 0 radical (unpaired) electrons. The number of aromatic nitrogens is 2. The van der Waals surface area contributed by atoms with Crippen molar-refractivity contribution in [2.24, 2.45) is 0 Å². The molecule has 1 aromatic heterocycles. The predicted octanol–water partition coefficient (Wildman–Crippen LogP) is 1.72.